The van der Waals surface area contributed by atoms with Crippen molar-refractivity contribution in [3.05, 3.63) is 65.5 Å². The van der Waals surface area contributed by atoms with E-state index in [1.807, 2.05) is 19.1 Å². The zero-order valence-electron chi connectivity index (χ0n) is 21.6. The van der Waals surface area contributed by atoms with Gasteiger partial charge < -0.3 is 9.42 Å². The predicted octanol–water partition coefficient (Wildman–Crippen LogP) is 4.40. The number of carbonyl (C=O) groups excluding carboxylic acids is 1. The molecule has 0 N–H and O–H groups in total. The van der Waals surface area contributed by atoms with Gasteiger partial charge in [0.15, 0.2) is 0 Å². The van der Waals surface area contributed by atoms with Crippen molar-refractivity contribution in [3.8, 4) is 11.4 Å². The molecule has 0 spiro atoms. The van der Waals surface area contributed by atoms with Gasteiger partial charge in [0.2, 0.25) is 27.6 Å². The maximum atomic E-state index is 13.2. The summed E-state index contributed by atoms with van der Waals surface area (Å²) in [5.41, 5.74) is 3.11. The third-order valence-electron chi connectivity index (χ3n) is 6.62. The summed E-state index contributed by atoms with van der Waals surface area (Å²) >= 11 is 0. The highest BCUT2D eigenvalue weighted by molar-refractivity contribution is 7.89. The molecule has 1 fully saturated rings. The van der Waals surface area contributed by atoms with Gasteiger partial charge in [0.25, 0.3) is 0 Å². The lowest BCUT2D eigenvalue weighted by Crippen LogP contribution is -2.45. The highest BCUT2D eigenvalue weighted by Gasteiger charge is 2.34. The Labute approximate surface area is 213 Å². The quantitative estimate of drug-likeness (QED) is 0.488. The van der Waals surface area contributed by atoms with Crippen LogP contribution >= 0.6 is 0 Å². The number of benzene rings is 2. The van der Waals surface area contributed by atoms with Crippen molar-refractivity contribution in [2.75, 3.05) is 20.1 Å². The lowest BCUT2D eigenvalue weighted by molar-refractivity contribution is -0.136. The van der Waals surface area contributed by atoms with Crippen LogP contribution in [0, 0.1) is 12.8 Å². The van der Waals surface area contributed by atoms with Gasteiger partial charge in [0.05, 0.1) is 17.4 Å². The molecule has 1 saturated heterocycles. The van der Waals surface area contributed by atoms with Crippen molar-refractivity contribution in [1.29, 1.82) is 0 Å². The van der Waals surface area contributed by atoms with Crippen LogP contribution in [0.3, 0.4) is 0 Å². The van der Waals surface area contributed by atoms with E-state index < -0.39 is 15.9 Å². The second-order valence-electron chi connectivity index (χ2n) is 10.5. The first kappa shape index (κ1) is 26.0. The fourth-order valence-electron chi connectivity index (χ4n) is 4.37. The average molecular weight is 511 g/mol. The molecule has 8 nitrogen and oxygen atoms in total. The monoisotopic (exact) mass is 510 g/mol. The number of carbonyl (C=O) groups is 1. The lowest BCUT2D eigenvalue weighted by Gasteiger charge is -2.33. The number of hydrogen-bond acceptors (Lipinski definition) is 6. The third-order valence-corrected chi connectivity index (χ3v) is 8.50. The van der Waals surface area contributed by atoms with E-state index in [9.17, 15) is 13.2 Å². The number of aryl methyl sites for hydroxylation is 1. The van der Waals surface area contributed by atoms with Gasteiger partial charge in [0, 0.05) is 25.7 Å². The minimum Gasteiger partial charge on any atom is -0.337 e. The van der Waals surface area contributed by atoms with E-state index in [2.05, 4.69) is 43.0 Å². The molecule has 1 unspecified atom stereocenters. The standard InChI is InChI=1S/C27H34N4O4S/c1-19-8-14-23(15-9-19)36(33,34)31-16-6-7-21(17-31)26(32)30(5)18-24-28-25(29-35-24)20-10-12-22(13-11-20)27(2,3)4/h8-15,21H,6-7,16-18H2,1-5H3. The lowest BCUT2D eigenvalue weighted by atomic mass is 9.87. The summed E-state index contributed by atoms with van der Waals surface area (Å²) in [4.78, 5) is 19.4. The Kier molecular flexibility index (Phi) is 7.33. The number of sulfonamides is 1. The summed E-state index contributed by atoms with van der Waals surface area (Å²) in [5.74, 6) is 0.254. The fraction of sp³-hybridized carbons (Fsp3) is 0.444. The second-order valence-corrected chi connectivity index (χ2v) is 12.5. The zero-order valence-corrected chi connectivity index (χ0v) is 22.4. The van der Waals surface area contributed by atoms with Crippen molar-refractivity contribution < 1.29 is 17.7 Å². The molecule has 0 saturated carbocycles. The van der Waals surface area contributed by atoms with Crippen LogP contribution < -0.4 is 0 Å². The van der Waals surface area contributed by atoms with Gasteiger partial charge >= 0.3 is 0 Å². The number of aromatic nitrogens is 2. The normalized spacial score (nSPS) is 17.2. The van der Waals surface area contributed by atoms with Crippen LogP contribution in [-0.2, 0) is 26.8 Å². The molecule has 9 heteroatoms. The van der Waals surface area contributed by atoms with Gasteiger partial charge in [0.1, 0.15) is 0 Å². The van der Waals surface area contributed by atoms with E-state index in [0.29, 0.717) is 31.1 Å². The van der Waals surface area contributed by atoms with Crippen molar-refractivity contribution in [2.45, 2.75) is 57.4 Å². The summed E-state index contributed by atoms with van der Waals surface area (Å²) in [6.07, 6.45) is 1.27. The first-order chi connectivity index (χ1) is 16.9. The Balaban J connectivity index is 1.40. The van der Waals surface area contributed by atoms with Gasteiger partial charge in [-0.05, 0) is 42.9 Å². The molecule has 1 aliphatic rings. The summed E-state index contributed by atoms with van der Waals surface area (Å²) in [6, 6.07) is 14.8. The largest absolute Gasteiger partial charge is 0.337 e. The molecule has 4 rings (SSSR count). The van der Waals surface area contributed by atoms with Gasteiger partial charge in [-0.1, -0.05) is 67.9 Å². The van der Waals surface area contributed by atoms with Crippen molar-refractivity contribution in [3.63, 3.8) is 0 Å². The Bertz CT molecular complexity index is 1310. The number of rotatable bonds is 6. The molecule has 1 atom stereocenters. The van der Waals surface area contributed by atoms with E-state index in [1.165, 1.54) is 14.8 Å². The third kappa shape index (κ3) is 5.68. The van der Waals surface area contributed by atoms with E-state index >= 15 is 0 Å². The molecular formula is C27H34N4O4S. The topological polar surface area (TPSA) is 96.6 Å². The van der Waals surface area contributed by atoms with Crippen LogP contribution in [0.5, 0.6) is 0 Å². The molecule has 2 heterocycles. The van der Waals surface area contributed by atoms with Gasteiger partial charge in [-0.3, -0.25) is 4.79 Å². The Morgan fingerprint density at radius 2 is 1.78 bits per heavy atom. The molecule has 36 heavy (non-hydrogen) atoms. The van der Waals surface area contributed by atoms with Crippen LogP contribution in [-0.4, -0.2) is 53.8 Å². The fourth-order valence-corrected chi connectivity index (χ4v) is 5.89. The SMILES string of the molecule is Cc1ccc(S(=O)(=O)N2CCCC(C(=O)N(C)Cc3nc(-c4ccc(C(C)(C)C)cc4)no3)C2)cc1. The molecule has 1 aromatic heterocycles. The molecule has 0 aliphatic carbocycles. The Morgan fingerprint density at radius 3 is 2.42 bits per heavy atom. The van der Waals surface area contributed by atoms with Crippen molar-refractivity contribution >= 4 is 15.9 Å². The molecule has 1 amide bonds. The predicted molar refractivity (Wildman–Crippen MR) is 138 cm³/mol. The Hall–Kier alpha value is -3.04. The number of piperidine rings is 1. The molecule has 1 aliphatic heterocycles. The Morgan fingerprint density at radius 1 is 1.11 bits per heavy atom. The van der Waals surface area contributed by atoms with Crippen LogP contribution in [0.25, 0.3) is 11.4 Å². The minimum atomic E-state index is -3.65. The molecule has 3 aromatic rings. The molecule has 0 radical (unpaired) electrons. The number of hydrogen-bond donors (Lipinski definition) is 0. The maximum absolute atomic E-state index is 13.2. The smallest absolute Gasteiger partial charge is 0.246 e. The van der Waals surface area contributed by atoms with Gasteiger partial charge in [-0.2, -0.15) is 9.29 Å². The van der Waals surface area contributed by atoms with Crippen LogP contribution in [0.15, 0.2) is 57.9 Å². The van der Waals surface area contributed by atoms with Gasteiger partial charge in [-0.25, -0.2) is 8.42 Å². The second kappa shape index (κ2) is 10.1. The number of amides is 1. The van der Waals surface area contributed by atoms with E-state index in [-0.39, 0.29) is 29.3 Å². The average Bonchev–Trinajstić information content (AvgIpc) is 3.32. The first-order valence-electron chi connectivity index (χ1n) is 12.2. The van der Waals surface area contributed by atoms with Gasteiger partial charge in [-0.15, -0.1) is 0 Å². The van der Waals surface area contributed by atoms with Crippen LogP contribution in [0.4, 0.5) is 0 Å². The molecule has 2 aromatic carbocycles. The summed E-state index contributed by atoms with van der Waals surface area (Å²) in [6.45, 7) is 9.11. The maximum Gasteiger partial charge on any atom is 0.246 e. The molecule has 192 valence electrons. The van der Waals surface area contributed by atoms with E-state index in [1.54, 1.807) is 31.3 Å². The minimum absolute atomic E-state index is 0.0538. The summed E-state index contributed by atoms with van der Waals surface area (Å²) < 4.78 is 33.0. The van der Waals surface area contributed by atoms with Crippen LogP contribution in [0.1, 0.15) is 50.6 Å². The highest BCUT2D eigenvalue weighted by atomic mass is 32.2. The summed E-state index contributed by atoms with van der Waals surface area (Å²) in [5, 5.41) is 4.08. The van der Waals surface area contributed by atoms with E-state index in [0.717, 1.165) is 11.1 Å². The first-order valence-corrected chi connectivity index (χ1v) is 13.6. The van der Waals surface area contributed by atoms with Crippen molar-refractivity contribution in [2.24, 2.45) is 5.92 Å². The molecular weight excluding hydrogens is 476 g/mol. The molecule has 0 bridgehead atoms. The highest BCUT2D eigenvalue weighted by Crippen LogP contribution is 2.27. The van der Waals surface area contributed by atoms with Crippen molar-refractivity contribution in [1.82, 2.24) is 19.3 Å². The zero-order chi connectivity index (χ0) is 26.1. The van der Waals surface area contributed by atoms with Crippen LogP contribution in [0.2, 0.25) is 0 Å². The van der Waals surface area contributed by atoms with E-state index in [4.69, 9.17) is 4.52 Å². The summed E-state index contributed by atoms with van der Waals surface area (Å²) in [7, 11) is -1.97. The number of nitrogens with zero attached hydrogens (tertiary/aromatic N) is 4.